The van der Waals surface area contributed by atoms with E-state index in [1.807, 2.05) is 62.8 Å². The van der Waals surface area contributed by atoms with Crippen molar-refractivity contribution in [2.75, 3.05) is 39.2 Å². The zero-order chi connectivity index (χ0) is 33.1. The normalized spacial score (nSPS) is 14.1. The van der Waals surface area contributed by atoms with Crippen LogP contribution in [-0.2, 0) is 20.8 Å². The number of hydrogen-bond acceptors (Lipinski definition) is 7. The Labute approximate surface area is 246 Å². The number of nitrogens with one attached hydrogen (secondary N) is 2. The molecule has 44 heavy (non-hydrogen) atoms. The fourth-order valence-electron chi connectivity index (χ4n) is 3.44. The van der Waals surface area contributed by atoms with Crippen LogP contribution in [-0.4, -0.2) is 89.4 Å². The van der Waals surface area contributed by atoms with Gasteiger partial charge in [0, 0.05) is 35.6 Å². The lowest BCUT2D eigenvalue weighted by atomic mass is 9.96. The first-order valence-electron chi connectivity index (χ1n) is 12.5. The maximum Gasteiger partial charge on any atom is 0.490 e. The number of para-hydroxylation sites is 1. The number of benzene rings is 2. The topological polar surface area (TPSA) is 154 Å². The molecule has 0 spiro atoms. The number of amides is 1. The monoisotopic (exact) mass is 634 g/mol. The molecule has 2 aromatic carbocycles. The molecular weight excluding hydrogens is 606 g/mol. The van der Waals surface area contributed by atoms with Gasteiger partial charge in [0.25, 0.3) is 0 Å². The highest BCUT2D eigenvalue weighted by Gasteiger charge is 2.38. The molecule has 1 aliphatic heterocycles. The van der Waals surface area contributed by atoms with E-state index in [9.17, 15) is 31.1 Å². The number of fused-ring (bicyclic) bond motifs is 1. The molecule has 4 rings (SSSR count). The third-order valence-electron chi connectivity index (χ3n) is 5.59. The van der Waals surface area contributed by atoms with Crippen LogP contribution in [0.1, 0.15) is 5.56 Å². The molecule has 1 unspecified atom stereocenters. The summed E-state index contributed by atoms with van der Waals surface area (Å²) in [4.78, 5) is 32.7. The molecule has 240 valence electrons. The van der Waals surface area contributed by atoms with Gasteiger partial charge in [-0.2, -0.15) is 31.4 Å². The summed E-state index contributed by atoms with van der Waals surface area (Å²) in [5, 5.41) is 24.1. The van der Waals surface area contributed by atoms with Crippen molar-refractivity contribution in [2.45, 2.75) is 18.8 Å². The molecule has 4 N–H and O–H groups in total. The second-order valence-corrected chi connectivity index (χ2v) is 9.26. The van der Waals surface area contributed by atoms with Gasteiger partial charge in [0.2, 0.25) is 5.91 Å². The van der Waals surface area contributed by atoms with Gasteiger partial charge in [-0.1, -0.05) is 18.2 Å². The molecule has 1 amide bonds. The highest BCUT2D eigenvalue weighted by Crippen LogP contribution is 2.33. The fraction of sp³-hybridized carbons (Fsp3) is 0.333. The Morgan fingerprint density at radius 3 is 2.20 bits per heavy atom. The molecule has 0 aliphatic carbocycles. The number of H-pyrrole nitrogens is 1. The molecule has 0 saturated carbocycles. The SMILES string of the molecule is CN(C)CCOc1cc(NC(=O)C2COc3ccccc3C2)ccc1-c1cn[nH]c1.O=C(O)C(F)(F)F.O=C(O)C(F)(F)F. The number of carboxylic acid groups (broad SMARTS) is 2. The van der Waals surface area contributed by atoms with E-state index in [0.29, 0.717) is 31.1 Å². The van der Waals surface area contributed by atoms with Gasteiger partial charge in [0.15, 0.2) is 0 Å². The number of carbonyl (C=O) groups excluding carboxylic acids is 1. The smallest absolute Gasteiger partial charge is 0.490 e. The van der Waals surface area contributed by atoms with Crippen LogP contribution in [0.2, 0.25) is 0 Å². The van der Waals surface area contributed by atoms with Gasteiger partial charge in [-0.3, -0.25) is 9.89 Å². The highest BCUT2D eigenvalue weighted by molar-refractivity contribution is 5.93. The summed E-state index contributed by atoms with van der Waals surface area (Å²) < 4.78 is 75.3. The first-order valence-corrected chi connectivity index (χ1v) is 12.5. The van der Waals surface area contributed by atoms with Gasteiger partial charge < -0.3 is 29.9 Å². The second kappa shape index (κ2) is 15.6. The standard InChI is InChI=1S/C23H26N4O3.2C2HF3O2/c1-27(2)9-10-29-22-12-19(7-8-20(22)18-13-24-25-14-18)26-23(28)17-11-16-5-3-4-6-21(16)30-15-17;2*3-2(4,5)1(6)7/h3-8,12-14,17H,9-11,15H2,1-2H3,(H,24,25)(H,26,28);2*(H,6,7). The average Bonchev–Trinajstić information content (AvgIpc) is 3.47. The van der Waals surface area contributed by atoms with Crippen molar-refractivity contribution in [1.82, 2.24) is 15.1 Å². The number of nitrogens with zero attached hydrogens (tertiary/aromatic N) is 2. The number of aliphatic carboxylic acids is 2. The molecule has 1 atom stereocenters. The largest absolute Gasteiger partial charge is 0.492 e. The zero-order valence-electron chi connectivity index (χ0n) is 23.2. The van der Waals surface area contributed by atoms with Crippen molar-refractivity contribution in [2.24, 2.45) is 5.92 Å². The Kier molecular flexibility index (Phi) is 12.6. The number of halogens is 6. The minimum Gasteiger partial charge on any atom is -0.492 e. The summed E-state index contributed by atoms with van der Waals surface area (Å²) in [5.74, 6) is -4.23. The number of carbonyl (C=O) groups is 3. The lowest BCUT2D eigenvalue weighted by Gasteiger charge is -2.24. The van der Waals surface area contributed by atoms with Crippen LogP contribution in [0.3, 0.4) is 0 Å². The Morgan fingerprint density at radius 2 is 1.66 bits per heavy atom. The Morgan fingerprint density at radius 1 is 1.05 bits per heavy atom. The minimum absolute atomic E-state index is 0.0557. The second-order valence-electron chi connectivity index (χ2n) is 9.26. The number of anilines is 1. The van der Waals surface area contributed by atoms with Crippen molar-refractivity contribution in [3.63, 3.8) is 0 Å². The van der Waals surface area contributed by atoms with E-state index in [4.69, 9.17) is 29.3 Å². The first kappa shape index (κ1) is 35.4. The van der Waals surface area contributed by atoms with Gasteiger partial charge in [0.1, 0.15) is 24.7 Å². The van der Waals surface area contributed by atoms with E-state index in [2.05, 4.69) is 20.4 Å². The summed E-state index contributed by atoms with van der Waals surface area (Å²) >= 11 is 0. The molecule has 0 fully saturated rings. The summed E-state index contributed by atoms with van der Waals surface area (Å²) in [6.07, 6.45) is -5.92. The van der Waals surface area contributed by atoms with Gasteiger partial charge in [0.05, 0.1) is 12.1 Å². The first-order chi connectivity index (χ1) is 20.5. The number of aromatic nitrogens is 2. The maximum absolute atomic E-state index is 12.9. The number of rotatable bonds is 7. The zero-order valence-corrected chi connectivity index (χ0v) is 23.2. The summed E-state index contributed by atoms with van der Waals surface area (Å²) in [6, 6.07) is 13.6. The molecule has 17 heteroatoms. The lowest BCUT2D eigenvalue weighted by Crippen LogP contribution is -2.32. The molecule has 3 aromatic rings. The summed E-state index contributed by atoms with van der Waals surface area (Å²) in [6.45, 7) is 1.71. The predicted octanol–water partition coefficient (Wildman–Crippen LogP) is 4.47. The van der Waals surface area contributed by atoms with Crippen molar-refractivity contribution >= 4 is 23.5 Å². The quantitative estimate of drug-likeness (QED) is 0.276. The third kappa shape index (κ3) is 11.5. The number of likely N-dealkylation sites (N-methyl/N-ethyl adjacent to an activating group) is 1. The van der Waals surface area contributed by atoms with E-state index in [0.717, 1.165) is 29.0 Å². The molecule has 1 aliphatic rings. The van der Waals surface area contributed by atoms with Crippen LogP contribution < -0.4 is 14.8 Å². The Hall–Kier alpha value is -4.80. The number of carboxylic acids is 2. The van der Waals surface area contributed by atoms with E-state index < -0.39 is 24.3 Å². The average molecular weight is 635 g/mol. The van der Waals surface area contributed by atoms with E-state index >= 15 is 0 Å². The number of ether oxygens (including phenoxy) is 2. The Bertz CT molecular complexity index is 1370. The molecule has 0 bridgehead atoms. The fourth-order valence-corrected chi connectivity index (χ4v) is 3.44. The molecule has 0 saturated heterocycles. The van der Waals surface area contributed by atoms with Crippen LogP contribution in [0.5, 0.6) is 11.5 Å². The third-order valence-corrected chi connectivity index (χ3v) is 5.59. The van der Waals surface area contributed by atoms with Crippen molar-refractivity contribution in [3.8, 4) is 22.6 Å². The van der Waals surface area contributed by atoms with Crippen LogP contribution in [0.25, 0.3) is 11.1 Å². The van der Waals surface area contributed by atoms with Gasteiger partial charge in [-0.05, 0) is 44.3 Å². The van der Waals surface area contributed by atoms with E-state index in [1.54, 1.807) is 6.20 Å². The Balaban J connectivity index is 0.000000402. The molecule has 2 heterocycles. The lowest BCUT2D eigenvalue weighted by molar-refractivity contribution is -0.193. The van der Waals surface area contributed by atoms with Gasteiger partial charge in [-0.25, -0.2) is 9.59 Å². The minimum atomic E-state index is -5.08. The molecule has 0 radical (unpaired) electrons. The number of aromatic amines is 1. The van der Waals surface area contributed by atoms with E-state index in [-0.39, 0.29) is 11.8 Å². The van der Waals surface area contributed by atoms with E-state index in [1.165, 1.54) is 0 Å². The molecule has 11 nitrogen and oxygen atoms in total. The summed E-state index contributed by atoms with van der Waals surface area (Å²) in [5.41, 5.74) is 3.62. The van der Waals surface area contributed by atoms with Crippen LogP contribution >= 0.6 is 0 Å². The highest BCUT2D eigenvalue weighted by atomic mass is 19.4. The summed E-state index contributed by atoms with van der Waals surface area (Å²) in [7, 11) is 4.00. The van der Waals surface area contributed by atoms with Crippen molar-refractivity contribution < 1.29 is 60.4 Å². The number of hydrogen-bond donors (Lipinski definition) is 4. The molecular formula is C27H28F6N4O7. The van der Waals surface area contributed by atoms with Crippen LogP contribution in [0, 0.1) is 5.92 Å². The van der Waals surface area contributed by atoms with Gasteiger partial charge >= 0.3 is 24.3 Å². The van der Waals surface area contributed by atoms with Gasteiger partial charge in [-0.15, -0.1) is 0 Å². The van der Waals surface area contributed by atoms with Crippen molar-refractivity contribution in [3.05, 3.63) is 60.4 Å². The predicted molar refractivity (Wildman–Crippen MR) is 143 cm³/mol. The maximum atomic E-state index is 12.9. The van der Waals surface area contributed by atoms with Crippen LogP contribution in [0.4, 0.5) is 32.0 Å². The van der Waals surface area contributed by atoms with Crippen LogP contribution in [0.15, 0.2) is 54.9 Å². The molecule has 1 aromatic heterocycles. The number of alkyl halides is 6. The van der Waals surface area contributed by atoms with Crippen molar-refractivity contribution in [1.29, 1.82) is 0 Å².